The van der Waals surface area contributed by atoms with Crippen LogP contribution >= 0.6 is 11.3 Å². The highest BCUT2D eigenvalue weighted by atomic mass is 32.1. The van der Waals surface area contributed by atoms with Gasteiger partial charge in [0.05, 0.1) is 10.4 Å². The molecule has 5 nitrogen and oxygen atoms in total. The summed E-state index contributed by atoms with van der Waals surface area (Å²) < 4.78 is 0. The van der Waals surface area contributed by atoms with Crippen LogP contribution in [-0.2, 0) is 6.42 Å². The minimum atomic E-state index is -0.949. The van der Waals surface area contributed by atoms with Crippen molar-refractivity contribution in [2.24, 2.45) is 0 Å². The van der Waals surface area contributed by atoms with Gasteiger partial charge in [0.25, 0.3) is 0 Å². The zero-order valence-electron chi connectivity index (χ0n) is 17.2. The van der Waals surface area contributed by atoms with Gasteiger partial charge in [0.15, 0.2) is 5.82 Å². The largest absolute Gasteiger partial charge is 0.478 e. The molecule has 0 saturated heterocycles. The van der Waals surface area contributed by atoms with Gasteiger partial charge in [0.1, 0.15) is 5.82 Å². The number of carbonyl (C=O) groups is 1. The smallest absolute Gasteiger partial charge is 0.335 e. The van der Waals surface area contributed by atoms with Crippen molar-refractivity contribution in [1.82, 2.24) is 9.97 Å². The molecule has 0 radical (unpaired) electrons. The first-order chi connectivity index (χ1) is 14.5. The molecular formula is C24H25N3O2S. The van der Waals surface area contributed by atoms with E-state index in [0.717, 1.165) is 34.7 Å². The molecule has 6 heteroatoms. The molecule has 3 rings (SSSR count). The highest BCUT2D eigenvalue weighted by Gasteiger charge is 2.14. The summed E-state index contributed by atoms with van der Waals surface area (Å²) in [5, 5.41) is 12.4. The second-order valence-corrected chi connectivity index (χ2v) is 7.97. The van der Waals surface area contributed by atoms with Gasteiger partial charge in [-0.2, -0.15) is 0 Å². The highest BCUT2D eigenvalue weighted by Crippen LogP contribution is 2.30. The van der Waals surface area contributed by atoms with E-state index < -0.39 is 5.97 Å². The molecule has 2 N–H and O–H groups in total. The summed E-state index contributed by atoms with van der Waals surface area (Å²) in [5.74, 6) is 0.428. The number of anilines is 2. The fourth-order valence-electron chi connectivity index (χ4n) is 2.96. The third-order valence-electron chi connectivity index (χ3n) is 4.54. The zero-order chi connectivity index (χ0) is 21.5. The lowest BCUT2D eigenvalue weighted by Crippen LogP contribution is -2.05. The molecule has 0 amide bonds. The minimum Gasteiger partial charge on any atom is -0.478 e. The number of benzene rings is 1. The van der Waals surface area contributed by atoms with Crippen molar-refractivity contribution in [3.8, 4) is 10.7 Å². The number of carboxylic acids is 1. The summed E-state index contributed by atoms with van der Waals surface area (Å²) in [4.78, 5) is 22.8. The summed E-state index contributed by atoms with van der Waals surface area (Å²) in [6, 6.07) is 10.7. The maximum atomic E-state index is 11.1. The maximum Gasteiger partial charge on any atom is 0.335 e. The number of carboxylic acid groups (broad SMARTS) is 1. The molecule has 0 aliphatic carbocycles. The van der Waals surface area contributed by atoms with E-state index in [1.165, 1.54) is 4.88 Å². The average Bonchev–Trinajstić information content (AvgIpc) is 3.20. The molecule has 1 aromatic carbocycles. The van der Waals surface area contributed by atoms with E-state index in [4.69, 9.17) is 15.1 Å². The van der Waals surface area contributed by atoms with E-state index in [1.54, 1.807) is 35.6 Å². The Balaban J connectivity index is 1.94. The van der Waals surface area contributed by atoms with E-state index in [1.807, 2.05) is 19.1 Å². The minimum absolute atomic E-state index is 0.244. The van der Waals surface area contributed by atoms with Crippen molar-refractivity contribution < 1.29 is 9.90 Å². The molecule has 154 valence electrons. The number of thiophene rings is 1. The lowest BCUT2D eigenvalue weighted by molar-refractivity contribution is 0.0697. The van der Waals surface area contributed by atoms with Crippen LogP contribution in [0.25, 0.3) is 16.8 Å². The lowest BCUT2D eigenvalue weighted by Gasteiger charge is -2.14. The molecule has 30 heavy (non-hydrogen) atoms. The molecule has 2 heterocycles. The number of nitrogens with zero attached hydrogens (tertiary/aromatic N) is 2. The first kappa shape index (κ1) is 21.5. The summed E-state index contributed by atoms with van der Waals surface area (Å²) in [6.07, 6.45) is 8.98. The number of aryl methyl sites for hydroxylation is 1. The van der Waals surface area contributed by atoms with Gasteiger partial charge in [-0.05, 0) is 62.2 Å². The van der Waals surface area contributed by atoms with Crippen LogP contribution in [0.3, 0.4) is 0 Å². The Morgan fingerprint density at radius 3 is 2.63 bits per heavy atom. The van der Waals surface area contributed by atoms with Crippen molar-refractivity contribution in [1.29, 1.82) is 0 Å². The molecule has 3 aromatic rings. The van der Waals surface area contributed by atoms with Crippen LogP contribution in [0.4, 0.5) is 11.5 Å². The van der Waals surface area contributed by atoms with Crippen LogP contribution in [0.15, 0.2) is 55.1 Å². The SMILES string of the molecule is C=CCc1c(C)nc(-c2ccc(C=CCCC)s2)nc1Nc1ccc(C(=O)O)cc1. The third kappa shape index (κ3) is 5.21. The molecule has 0 saturated carbocycles. The molecule has 0 bridgehead atoms. The lowest BCUT2D eigenvalue weighted by atomic mass is 10.1. The fourth-order valence-corrected chi connectivity index (χ4v) is 3.83. The number of rotatable bonds is 9. The first-order valence-electron chi connectivity index (χ1n) is 9.87. The number of nitrogens with one attached hydrogen (secondary N) is 1. The molecule has 0 atom stereocenters. The maximum absolute atomic E-state index is 11.1. The van der Waals surface area contributed by atoms with Crippen molar-refractivity contribution in [3.63, 3.8) is 0 Å². The van der Waals surface area contributed by atoms with Crippen LogP contribution in [0.2, 0.25) is 0 Å². The van der Waals surface area contributed by atoms with Gasteiger partial charge in [0, 0.05) is 21.8 Å². The van der Waals surface area contributed by atoms with Gasteiger partial charge in [0.2, 0.25) is 0 Å². The second kappa shape index (κ2) is 9.98. The van der Waals surface area contributed by atoms with Crippen LogP contribution in [-0.4, -0.2) is 21.0 Å². The highest BCUT2D eigenvalue weighted by molar-refractivity contribution is 7.16. The van der Waals surface area contributed by atoms with Crippen LogP contribution in [0.1, 0.15) is 46.3 Å². The van der Waals surface area contributed by atoms with Crippen molar-refractivity contribution in [2.75, 3.05) is 5.32 Å². The third-order valence-corrected chi connectivity index (χ3v) is 5.59. The molecule has 0 aliphatic rings. The van der Waals surface area contributed by atoms with E-state index in [2.05, 4.69) is 37.0 Å². The Morgan fingerprint density at radius 2 is 1.97 bits per heavy atom. The summed E-state index contributed by atoms with van der Waals surface area (Å²) in [6.45, 7) is 7.97. The quantitative estimate of drug-likeness (QED) is 0.387. The van der Waals surface area contributed by atoms with Gasteiger partial charge in [-0.15, -0.1) is 17.9 Å². The van der Waals surface area contributed by atoms with Crippen molar-refractivity contribution in [3.05, 3.63) is 76.8 Å². The molecule has 0 aliphatic heterocycles. The fraction of sp³-hybridized carbons (Fsp3) is 0.208. The van der Waals surface area contributed by atoms with Crippen molar-refractivity contribution in [2.45, 2.75) is 33.1 Å². The number of aromatic nitrogens is 2. The summed E-state index contributed by atoms with van der Waals surface area (Å²) in [5.41, 5.74) is 2.87. The van der Waals surface area contributed by atoms with Crippen LogP contribution in [0.5, 0.6) is 0 Å². The predicted octanol–water partition coefficient (Wildman–Crippen LogP) is 6.50. The monoisotopic (exact) mass is 419 g/mol. The summed E-state index contributed by atoms with van der Waals surface area (Å²) >= 11 is 1.66. The van der Waals surface area contributed by atoms with Gasteiger partial charge < -0.3 is 10.4 Å². The standard InChI is InChI=1S/C24H25N3O2S/c1-4-6-7-9-19-14-15-21(30-19)23-25-16(3)20(8-5-2)22(27-23)26-18-12-10-17(11-13-18)24(28)29/h5,7,9-15H,2,4,6,8H2,1,3H3,(H,28,29)(H,25,26,27). The van der Waals surface area contributed by atoms with E-state index in [0.29, 0.717) is 18.1 Å². The average molecular weight is 420 g/mol. The van der Waals surface area contributed by atoms with Gasteiger partial charge >= 0.3 is 5.97 Å². The number of unbranched alkanes of at least 4 members (excludes halogenated alkanes) is 1. The Kier molecular flexibility index (Phi) is 7.14. The molecule has 0 fully saturated rings. The number of allylic oxidation sites excluding steroid dienone is 2. The normalized spacial score (nSPS) is 11.0. The van der Waals surface area contributed by atoms with Gasteiger partial charge in [-0.3, -0.25) is 0 Å². The van der Waals surface area contributed by atoms with E-state index >= 15 is 0 Å². The molecule has 0 spiro atoms. The van der Waals surface area contributed by atoms with E-state index in [9.17, 15) is 4.79 Å². The predicted molar refractivity (Wildman–Crippen MR) is 125 cm³/mol. The zero-order valence-corrected chi connectivity index (χ0v) is 18.0. The summed E-state index contributed by atoms with van der Waals surface area (Å²) in [7, 11) is 0. The second-order valence-electron chi connectivity index (χ2n) is 6.85. The Morgan fingerprint density at radius 1 is 1.20 bits per heavy atom. The molecule has 2 aromatic heterocycles. The Labute approximate surface area is 180 Å². The topological polar surface area (TPSA) is 75.1 Å². The Bertz CT molecular complexity index is 1070. The first-order valence-corrected chi connectivity index (χ1v) is 10.7. The van der Waals surface area contributed by atoms with Gasteiger partial charge in [-0.1, -0.05) is 25.5 Å². The number of hydrogen-bond acceptors (Lipinski definition) is 5. The van der Waals surface area contributed by atoms with Crippen LogP contribution in [0, 0.1) is 6.92 Å². The van der Waals surface area contributed by atoms with Crippen molar-refractivity contribution >= 4 is 34.9 Å². The molecular weight excluding hydrogens is 394 g/mol. The molecule has 0 unspecified atom stereocenters. The number of aromatic carboxylic acids is 1. The number of hydrogen-bond donors (Lipinski definition) is 2. The van der Waals surface area contributed by atoms with Crippen LogP contribution < -0.4 is 5.32 Å². The Hall–Kier alpha value is -3.25. The van der Waals surface area contributed by atoms with Gasteiger partial charge in [-0.25, -0.2) is 14.8 Å². The van der Waals surface area contributed by atoms with E-state index in [-0.39, 0.29) is 5.56 Å².